The minimum absolute atomic E-state index is 0.132. The Kier molecular flexibility index (Phi) is 4.37. The van der Waals surface area contributed by atoms with Crippen LogP contribution < -0.4 is 5.32 Å². The number of anilines is 1. The Balaban J connectivity index is 2.22. The third kappa shape index (κ3) is 3.22. The smallest absolute Gasteiger partial charge is 0.258 e. The van der Waals surface area contributed by atoms with Crippen molar-refractivity contribution in [3.63, 3.8) is 0 Å². The summed E-state index contributed by atoms with van der Waals surface area (Å²) in [6, 6.07) is 5.71. The van der Waals surface area contributed by atoms with Crippen molar-refractivity contribution in [3.05, 3.63) is 44.4 Å². The maximum Gasteiger partial charge on any atom is 0.258 e. The molecule has 0 aliphatic rings. The first-order valence-electron chi connectivity index (χ1n) is 6.05. The molecule has 1 amide bonds. The van der Waals surface area contributed by atoms with E-state index in [1.165, 1.54) is 11.3 Å². The first kappa shape index (κ1) is 14.2. The number of carbonyl (C=O) groups is 1. The predicted molar refractivity (Wildman–Crippen MR) is 83.1 cm³/mol. The second-order valence-electron chi connectivity index (χ2n) is 4.31. The minimum Gasteiger partial charge on any atom is -0.298 e. The van der Waals surface area contributed by atoms with Crippen LogP contribution in [0.15, 0.2) is 22.7 Å². The van der Waals surface area contributed by atoms with Crippen LogP contribution in [0.4, 0.5) is 5.13 Å². The topological polar surface area (TPSA) is 42.0 Å². The quantitative estimate of drug-likeness (QED) is 0.904. The van der Waals surface area contributed by atoms with E-state index in [4.69, 9.17) is 0 Å². The lowest BCUT2D eigenvalue weighted by molar-refractivity contribution is 0.102. The summed E-state index contributed by atoms with van der Waals surface area (Å²) in [6.07, 6.45) is 0.881. The fourth-order valence-corrected chi connectivity index (χ4v) is 3.11. The Labute approximate surface area is 125 Å². The van der Waals surface area contributed by atoms with E-state index in [1.54, 1.807) is 0 Å². The zero-order valence-corrected chi connectivity index (χ0v) is 13.5. The van der Waals surface area contributed by atoms with E-state index >= 15 is 0 Å². The number of hydrogen-bond donors (Lipinski definition) is 1. The summed E-state index contributed by atoms with van der Waals surface area (Å²) in [5, 5.41) is 3.52. The SMILES string of the molecule is CCc1nc(NC(=O)c2cc(C)ccc2Br)sc1C. The van der Waals surface area contributed by atoms with Crippen molar-refractivity contribution in [2.24, 2.45) is 0 Å². The van der Waals surface area contributed by atoms with Crippen LogP contribution in [-0.2, 0) is 6.42 Å². The highest BCUT2D eigenvalue weighted by Crippen LogP contribution is 2.24. The number of hydrogen-bond acceptors (Lipinski definition) is 3. The number of aromatic nitrogens is 1. The van der Waals surface area contributed by atoms with Gasteiger partial charge in [-0.2, -0.15) is 0 Å². The highest BCUT2D eigenvalue weighted by Gasteiger charge is 2.13. The standard InChI is InChI=1S/C14H15BrN2OS/c1-4-12-9(3)19-14(16-12)17-13(18)10-7-8(2)5-6-11(10)15/h5-7H,4H2,1-3H3,(H,16,17,18). The zero-order valence-electron chi connectivity index (χ0n) is 11.1. The number of amides is 1. The molecule has 2 rings (SSSR count). The molecule has 0 saturated heterocycles. The van der Waals surface area contributed by atoms with Crippen LogP contribution in [-0.4, -0.2) is 10.9 Å². The first-order valence-corrected chi connectivity index (χ1v) is 7.66. The maximum absolute atomic E-state index is 12.2. The number of rotatable bonds is 3. The van der Waals surface area contributed by atoms with Crippen LogP contribution in [0.3, 0.4) is 0 Å². The van der Waals surface area contributed by atoms with Gasteiger partial charge in [0.15, 0.2) is 5.13 Å². The summed E-state index contributed by atoms with van der Waals surface area (Å²) in [4.78, 5) is 17.8. The van der Waals surface area contributed by atoms with Crippen molar-refractivity contribution in [1.82, 2.24) is 4.98 Å². The third-order valence-electron chi connectivity index (χ3n) is 2.81. The van der Waals surface area contributed by atoms with Crippen LogP contribution in [0.25, 0.3) is 0 Å². The molecule has 0 fully saturated rings. The van der Waals surface area contributed by atoms with Crippen LogP contribution in [0.2, 0.25) is 0 Å². The average molecular weight is 339 g/mol. The van der Waals surface area contributed by atoms with E-state index in [0.717, 1.165) is 27.0 Å². The van der Waals surface area contributed by atoms with Crippen molar-refractivity contribution < 1.29 is 4.79 Å². The van der Waals surface area contributed by atoms with Gasteiger partial charge in [0.05, 0.1) is 11.3 Å². The maximum atomic E-state index is 12.2. The number of halogens is 1. The molecule has 1 heterocycles. The summed E-state index contributed by atoms with van der Waals surface area (Å²) >= 11 is 4.91. The van der Waals surface area contributed by atoms with Crippen molar-refractivity contribution in [2.45, 2.75) is 27.2 Å². The summed E-state index contributed by atoms with van der Waals surface area (Å²) in [7, 11) is 0. The first-order chi connectivity index (χ1) is 9.01. The van der Waals surface area contributed by atoms with Crippen LogP contribution in [0, 0.1) is 13.8 Å². The van der Waals surface area contributed by atoms with Gasteiger partial charge in [-0.3, -0.25) is 10.1 Å². The Morgan fingerprint density at radius 3 is 2.79 bits per heavy atom. The Morgan fingerprint density at radius 1 is 1.42 bits per heavy atom. The molecule has 0 aliphatic carbocycles. The third-order valence-corrected chi connectivity index (χ3v) is 4.43. The summed E-state index contributed by atoms with van der Waals surface area (Å²) in [5.41, 5.74) is 2.73. The van der Waals surface area contributed by atoms with Gasteiger partial charge in [-0.25, -0.2) is 4.98 Å². The highest BCUT2D eigenvalue weighted by atomic mass is 79.9. The van der Waals surface area contributed by atoms with E-state index in [1.807, 2.05) is 32.0 Å². The Bertz CT molecular complexity index is 622. The molecule has 0 saturated carbocycles. The van der Waals surface area contributed by atoms with Crippen LogP contribution >= 0.6 is 27.3 Å². The van der Waals surface area contributed by atoms with Gasteiger partial charge in [-0.05, 0) is 48.3 Å². The number of nitrogens with one attached hydrogen (secondary N) is 1. The fourth-order valence-electron chi connectivity index (χ4n) is 1.79. The summed E-state index contributed by atoms with van der Waals surface area (Å²) in [5.74, 6) is -0.132. The number of thiazole rings is 1. The molecule has 2 aromatic rings. The average Bonchev–Trinajstić information content (AvgIpc) is 2.72. The molecule has 1 aromatic carbocycles. The Morgan fingerprint density at radius 2 is 2.16 bits per heavy atom. The molecule has 0 aliphatic heterocycles. The summed E-state index contributed by atoms with van der Waals surface area (Å²) in [6.45, 7) is 6.05. The van der Waals surface area contributed by atoms with Gasteiger partial charge in [0.1, 0.15) is 0 Å². The number of aryl methyl sites for hydroxylation is 3. The van der Waals surface area contributed by atoms with Gasteiger partial charge in [-0.15, -0.1) is 11.3 Å². The highest BCUT2D eigenvalue weighted by molar-refractivity contribution is 9.10. The van der Waals surface area contributed by atoms with Gasteiger partial charge < -0.3 is 0 Å². The molecule has 0 spiro atoms. The molecule has 0 bridgehead atoms. The van der Waals surface area contributed by atoms with E-state index in [0.29, 0.717) is 10.7 Å². The molecule has 1 N–H and O–H groups in total. The lowest BCUT2D eigenvalue weighted by Crippen LogP contribution is -2.12. The molecule has 0 unspecified atom stereocenters. The lowest BCUT2D eigenvalue weighted by Gasteiger charge is -2.05. The normalized spacial score (nSPS) is 10.5. The molecular weight excluding hydrogens is 324 g/mol. The van der Waals surface area contributed by atoms with Crippen molar-refractivity contribution in [2.75, 3.05) is 5.32 Å². The van der Waals surface area contributed by atoms with Crippen molar-refractivity contribution in [1.29, 1.82) is 0 Å². The number of nitrogens with zero attached hydrogens (tertiary/aromatic N) is 1. The van der Waals surface area contributed by atoms with Gasteiger partial charge >= 0.3 is 0 Å². The largest absolute Gasteiger partial charge is 0.298 e. The second kappa shape index (κ2) is 5.84. The van der Waals surface area contributed by atoms with Crippen LogP contribution in [0.1, 0.15) is 33.4 Å². The molecule has 5 heteroatoms. The van der Waals surface area contributed by atoms with Crippen molar-refractivity contribution in [3.8, 4) is 0 Å². The molecule has 100 valence electrons. The van der Waals surface area contributed by atoms with Crippen LogP contribution in [0.5, 0.6) is 0 Å². The van der Waals surface area contributed by atoms with Gasteiger partial charge in [-0.1, -0.05) is 18.6 Å². The van der Waals surface area contributed by atoms with Crippen molar-refractivity contribution >= 4 is 38.3 Å². The zero-order chi connectivity index (χ0) is 14.0. The lowest BCUT2D eigenvalue weighted by atomic mass is 10.1. The minimum atomic E-state index is -0.132. The van der Waals surface area contributed by atoms with E-state index < -0.39 is 0 Å². The second-order valence-corrected chi connectivity index (χ2v) is 6.37. The molecule has 0 radical (unpaired) electrons. The van der Waals surface area contributed by atoms with E-state index in [2.05, 4.69) is 33.2 Å². The molecular formula is C14H15BrN2OS. The fraction of sp³-hybridized carbons (Fsp3) is 0.286. The Hall–Kier alpha value is -1.20. The van der Waals surface area contributed by atoms with E-state index in [-0.39, 0.29) is 5.91 Å². The molecule has 19 heavy (non-hydrogen) atoms. The molecule has 0 atom stereocenters. The van der Waals surface area contributed by atoms with Gasteiger partial charge in [0.2, 0.25) is 0 Å². The van der Waals surface area contributed by atoms with Gasteiger partial charge in [0.25, 0.3) is 5.91 Å². The summed E-state index contributed by atoms with van der Waals surface area (Å²) < 4.78 is 0.791. The number of carbonyl (C=O) groups excluding carboxylic acids is 1. The predicted octanol–water partition coefficient (Wildman–Crippen LogP) is 4.34. The molecule has 1 aromatic heterocycles. The monoisotopic (exact) mass is 338 g/mol. The number of benzene rings is 1. The molecule has 3 nitrogen and oxygen atoms in total. The van der Waals surface area contributed by atoms with E-state index in [9.17, 15) is 4.79 Å². The van der Waals surface area contributed by atoms with Gasteiger partial charge in [0, 0.05) is 9.35 Å².